The van der Waals surface area contributed by atoms with Crippen LogP contribution in [0.1, 0.15) is 5.69 Å². The zero-order chi connectivity index (χ0) is 9.26. The van der Waals surface area contributed by atoms with Gasteiger partial charge in [-0.15, -0.1) is 5.43 Å². The molecular weight excluding hydrogens is 168 g/mol. The minimum absolute atomic E-state index is 0.263. The molecule has 5 N–H and O–H groups in total. The quantitative estimate of drug-likeness (QED) is 0.488. The van der Waals surface area contributed by atoms with E-state index >= 15 is 0 Å². The highest BCUT2D eigenvalue weighted by Gasteiger charge is 2.19. The zero-order valence-corrected chi connectivity index (χ0v) is 6.73. The van der Waals surface area contributed by atoms with Crippen molar-refractivity contribution in [2.45, 2.75) is 0 Å². The van der Waals surface area contributed by atoms with E-state index < -0.39 is 0 Å². The molecule has 0 saturated carbocycles. The number of hydrogen-bond acceptors (Lipinski definition) is 6. The lowest BCUT2D eigenvalue weighted by Crippen LogP contribution is -2.27. The normalized spacial score (nSPS) is 14.8. The summed E-state index contributed by atoms with van der Waals surface area (Å²) in [6.07, 6.45) is 0. The number of pyridine rings is 1. The van der Waals surface area contributed by atoms with Crippen molar-refractivity contribution >= 4 is 17.6 Å². The molecule has 1 radical (unpaired) electrons. The molecule has 6 heteroatoms. The molecule has 0 saturated heterocycles. The lowest BCUT2D eigenvalue weighted by Gasteiger charge is -1.92. The lowest BCUT2D eigenvalue weighted by molar-refractivity contribution is 1.04. The standard InChI is InChI=1S/C7H8N6/c8-5-3-1-2-4(10-5)6-11-7(9)13-12-6/h1-3H,(H2,8,10)(H3,9,12,13)/q+1. The Kier molecular flexibility index (Phi) is 1.59. The summed E-state index contributed by atoms with van der Waals surface area (Å²) < 4.78 is 0. The molecule has 13 heavy (non-hydrogen) atoms. The maximum absolute atomic E-state index is 5.49. The van der Waals surface area contributed by atoms with Crippen molar-refractivity contribution in [2.75, 3.05) is 5.73 Å². The van der Waals surface area contributed by atoms with Gasteiger partial charge in [-0.05, 0) is 12.1 Å². The average Bonchev–Trinajstić information content (AvgIpc) is 2.52. The van der Waals surface area contributed by atoms with Crippen LogP contribution in [0, 0.1) is 0 Å². The third-order valence-electron chi connectivity index (χ3n) is 1.50. The fourth-order valence-electron chi connectivity index (χ4n) is 0.965. The molecule has 1 aliphatic heterocycles. The monoisotopic (exact) mass is 176 g/mol. The second-order valence-electron chi connectivity index (χ2n) is 2.49. The van der Waals surface area contributed by atoms with Gasteiger partial charge in [-0.2, -0.15) is 0 Å². The molecule has 0 aromatic carbocycles. The number of nitrogen functional groups attached to an aromatic ring is 1. The van der Waals surface area contributed by atoms with Gasteiger partial charge in [0.25, 0.3) is 0 Å². The molecule has 0 bridgehead atoms. The van der Waals surface area contributed by atoms with Gasteiger partial charge in [-0.3, -0.25) is 0 Å². The van der Waals surface area contributed by atoms with Crippen LogP contribution in [0.3, 0.4) is 0 Å². The molecule has 0 spiro atoms. The van der Waals surface area contributed by atoms with Gasteiger partial charge in [0.05, 0.1) is 0 Å². The first-order valence-electron chi connectivity index (χ1n) is 3.66. The van der Waals surface area contributed by atoms with Crippen molar-refractivity contribution in [1.29, 1.82) is 0 Å². The minimum Gasteiger partial charge on any atom is -0.384 e. The van der Waals surface area contributed by atoms with Crippen LogP contribution in [0.2, 0.25) is 0 Å². The number of rotatable bonds is 1. The Hall–Kier alpha value is -2.11. The van der Waals surface area contributed by atoms with Gasteiger partial charge in [0.1, 0.15) is 11.5 Å². The molecule has 0 atom stereocenters. The van der Waals surface area contributed by atoms with Crippen LogP contribution in [0.15, 0.2) is 23.3 Å². The number of hydrazone groups is 1. The van der Waals surface area contributed by atoms with E-state index in [1.807, 2.05) is 0 Å². The Morgan fingerprint density at radius 1 is 1.31 bits per heavy atom. The number of hydrogen-bond donors (Lipinski definition) is 3. The highest BCUT2D eigenvalue weighted by atomic mass is 15.4. The van der Waals surface area contributed by atoms with E-state index in [9.17, 15) is 0 Å². The van der Waals surface area contributed by atoms with E-state index in [0.29, 0.717) is 17.3 Å². The van der Waals surface area contributed by atoms with E-state index in [4.69, 9.17) is 11.5 Å². The smallest absolute Gasteiger partial charge is 0.371 e. The van der Waals surface area contributed by atoms with E-state index in [1.54, 1.807) is 18.2 Å². The third kappa shape index (κ3) is 1.41. The Balaban J connectivity index is 2.37. The fraction of sp³-hybridized carbons (Fsp3) is 0. The van der Waals surface area contributed by atoms with E-state index in [0.717, 1.165) is 0 Å². The van der Waals surface area contributed by atoms with E-state index in [1.165, 1.54) is 0 Å². The Bertz CT molecular complexity index is 394. The summed E-state index contributed by atoms with van der Waals surface area (Å²) in [5, 5.41) is 3.85. The number of nitrogens with one attached hydrogen (secondary N) is 1. The third-order valence-corrected chi connectivity index (χ3v) is 1.50. The van der Waals surface area contributed by atoms with Crippen LogP contribution in [0.25, 0.3) is 0 Å². The first kappa shape index (κ1) is 7.53. The molecule has 2 heterocycles. The summed E-state index contributed by atoms with van der Waals surface area (Å²) in [6, 6.07) is 5.24. The number of amidine groups is 1. The van der Waals surface area contributed by atoms with Gasteiger partial charge in [0.15, 0.2) is 0 Å². The predicted octanol–water partition coefficient (Wildman–Crippen LogP) is -1.42. The summed E-state index contributed by atoms with van der Waals surface area (Å²) in [6.45, 7) is 0. The summed E-state index contributed by atoms with van der Waals surface area (Å²) in [7, 11) is 0. The zero-order valence-electron chi connectivity index (χ0n) is 6.73. The molecule has 6 nitrogen and oxygen atoms in total. The molecular formula is C7H8N6+. The van der Waals surface area contributed by atoms with Gasteiger partial charge in [-0.25, -0.2) is 4.98 Å². The summed E-state index contributed by atoms with van der Waals surface area (Å²) in [5.41, 5.74) is 14.0. The van der Waals surface area contributed by atoms with Gasteiger partial charge in [-0.1, -0.05) is 11.1 Å². The number of aromatic nitrogens is 1. The molecule has 1 aromatic heterocycles. The van der Waals surface area contributed by atoms with Gasteiger partial charge in [0.2, 0.25) is 0 Å². The Labute approximate surface area is 74.4 Å². The van der Waals surface area contributed by atoms with E-state index in [-0.39, 0.29) is 5.96 Å². The lowest BCUT2D eigenvalue weighted by atomic mass is 10.3. The molecule has 0 fully saturated rings. The van der Waals surface area contributed by atoms with Crippen molar-refractivity contribution in [2.24, 2.45) is 10.8 Å². The van der Waals surface area contributed by atoms with Gasteiger partial charge in [0, 0.05) is 5.10 Å². The average molecular weight is 176 g/mol. The van der Waals surface area contributed by atoms with Crippen molar-refractivity contribution < 1.29 is 0 Å². The van der Waals surface area contributed by atoms with Crippen LogP contribution in [-0.4, -0.2) is 16.8 Å². The van der Waals surface area contributed by atoms with Crippen molar-refractivity contribution in [3.8, 4) is 0 Å². The van der Waals surface area contributed by atoms with Crippen LogP contribution in [0.5, 0.6) is 0 Å². The first-order valence-corrected chi connectivity index (χ1v) is 3.66. The molecule has 1 aromatic rings. The second-order valence-corrected chi connectivity index (χ2v) is 2.49. The largest absolute Gasteiger partial charge is 0.384 e. The van der Waals surface area contributed by atoms with Crippen molar-refractivity contribution in [1.82, 2.24) is 15.4 Å². The molecule has 1 aliphatic rings. The summed E-state index contributed by atoms with van der Waals surface area (Å²) in [4.78, 5) is 7.95. The number of nitrogens with zero attached hydrogens (tertiary/aromatic N) is 3. The topological polar surface area (TPSA) is 103 Å². The fourth-order valence-corrected chi connectivity index (χ4v) is 0.965. The predicted molar refractivity (Wildman–Crippen MR) is 49.7 cm³/mol. The molecule has 65 valence electrons. The Morgan fingerprint density at radius 2 is 2.15 bits per heavy atom. The number of guanidine groups is 1. The maximum Gasteiger partial charge on any atom is 0.371 e. The van der Waals surface area contributed by atoms with Crippen LogP contribution in [-0.2, 0) is 0 Å². The highest BCUT2D eigenvalue weighted by molar-refractivity contribution is 6.05. The van der Waals surface area contributed by atoms with Crippen molar-refractivity contribution in [3.05, 3.63) is 23.9 Å². The highest BCUT2D eigenvalue weighted by Crippen LogP contribution is 2.01. The second kappa shape index (κ2) is 2.74. The summed E-state index contributed by atoms with van der Waals surface area (Å²) in [5.74, 6) is 1.14. The maximum atomic E-state index is 5.49. The molecule has 2 rings (SSSR count). The molecule has 0 aliphatic carbocycles. The summed E-state index contributed by atoms with van der Waals surface area (Å²) >= 11 is 0. The van der Waals surface area contributed by atoms with E-state index in [2.05, 4.69) is 20.5 Å². The number of anilines is 1. The molecule has 0 unspecified atom stereocenters. The van der Waals surface area contributed by atoms with Crippen molar-refractivity contribution in [3.63, 3.8) is 0 Å². The van der Waals surface area contributed by atoms with Crippen LogP contribution < -0.4 is 21.9 Å². The Morgan fingerprint density at radius 3 is 2.77 bits per heavy atom. The molecule has 0 amide bonds. The van der Waals surface area contributed by atoms with Crippen LogP contribution in [0.4, 0.5) is 5.82 Å². The number of aliphatic imine (C=N–C) groups is 1. The SMILES string of the molecule is NC1=[N+]C(c2cccc(N)n2)=NN1. The van der Waals surface area contributed by atoms with Gasteiger partial charge >= 0.3 is 11.8 Å². The number of nitrogens with two attached hydrogens (primary N) is 2. The van der Waals surface area contributed by atoms with Crippen LogP contribution >= 0.6 is 0 Å². The first-order chi connectivity index (χ1) is 6.25. The van der Waals surface area contributed by atoms with Gasteiger partial charge < -0.3 is 11.5 Å². The minimum atomic E-state index is 0.263.